The number of thiocarbonyl (C=S) groups is 1. The predicted molar refractivity (Wildman–Crippen MR) is 100 cm³/mol. The number of carbonyl (C=O) groups is 2. The lowest BCUT2D eigenvalue weighted by Crippen LogP contribution is -2.44. The fourth-order valence-corrected chi connectivity index (χ4v) is 3.48. The van der Waals surface area contributed by atoms with Crippen LogP contribution in [0.5, 0.6) is 0 Å². The summed E-state index contributed by atoms with van der Waals surface area (Å²) in [5.41, 5.74) is 2.94. The van der Waals surface area contributed by atoms with Gasteiger partial charge in [0.1, 0.15) is 5.82 Å². The van der Waals surface area contributed by atoms with Crippen LogP contribution >= 0.6 is 35.6 Å². The third-order valence-corrected chi connectivity index (χ3v) is 4.95. The lowest BCUT2D eigenvalue weighted by atomic mass is 10.2. The summed E-state index contributed by atoms with van der Waals surface area (Å²) in [6.07, 6.45) is 1.33. The van der Waals surface area contributed by atoms with E-state index in [0.717, 1.165) is 16.8 Å². The molecule has 0 radical (unpaired) electrons. The quantitative estimate of drug-likeness (QED) is 0.633. The molecule has 0 bridgehead atoms. The van der Waals surface area contributed by atoms with E-state index in [2.05, 4.69) is 5.43 Å². The Morgan fingerprint density at radius 2 is 1.92 bits per heavy atom. The highest BCUT2D eigenvalue weighted by Gasteiger charge is 2.34. The number of halogens is 2. The van der Waals surface area contributed by atoms with Gasteiger partial charge in [0.2, 0.25) is 0 Å². The molecule has 1 N–H and O–H groups in total. The van der Waals surface area contributed by atoms with Crippen LogP contribution in [-0.2, 0) is 4.79 Å². The highest BCUT2D eigenvalue weighted by molar-refractivity contribution is 8.26. The smallest absolute Gasteiger partial charge is 0.267 e. The number of thioether (sulfide) groups is 1. The van der Waals surface area contributed by atoms with Gasteiger partial charge in [-0.3, -0.25) is 15.0 Å². The van der Waals surface area contributed by atoms with Crippen molar-refractivity contribution in [3.05, 3.63) is 75.4 Å². The van der Waals surface area contributed by atoms with Gasteiger partial charge in [0, 0.05) is 11.1 Å². The molecule has 0 aromatic heterocycles. The molecule has 3 rings (SSSR count). The largest absolute Gasteiger partial charge is 0.285 e. The van der Waals surface area contributed by atoms with E-state index in [9.17, 15) is 14.0 Å². The van der Waals surface area contributed by atoms with E-state index in [1.54, 1.807) is 30.3 Å². The zero-order valence-corrected chi connectivity index (χ0v) is 14.9. The van der Waals surface area contributed by atoms with E-state index < -0.39 is 17.6 Å². The molecule has 1 saturated heterocycles. The minimum absolute atomic E-state index is 0.0963. The molecule has 0 unspecified atom stereocenters. The number of hydrogen-bond donors (Lipinski definition) is 1. The topological polar surface area (TPSA) is 49.4 Å². The summed E-state index contributed by atoms with van der Waals surface area (Å²) in [7, 11) is 0. The first-order valence-corrected chi connectivity index (χ1v) is 8.65. The third-order valence-electron chi connectivity index (χ3n) is 3.32. The molecule has 126 valence electrons. The van der Waals surface area contributed by atoms with Crippen LogP contribution in [-0.4, -0.2) is 21.1 Å². The van der Waals surface area contributed by atoms with Crippen LogP contribution in [0.4, 0.5) is 4.39 Å². The molecule has 0 spiro atoms. The molecule has 2 aromatic rings. The van der Waals surface area contributed by atoms with Gasteiger partial charge in [-0.15, -0.1) is 0 Å². The Hall–Kier alpha value is -2.22. The second kappa shape index (κ2) is 7.35. The number of benzene rings is 2. The number of carbonyl (C=O) groups excluding carboxylic acids is 2. The number of hydrogen-bond acceptors (Lipinski definition) is 4. The maximum absolute atomic E-state index is 13.9. The van der Waals surface area contributed by atoms with Crippen molar-refractivity contribution in [3.63, 3.8) is 0 Å². The third kappa shape index (κ3) is 3.73. The molecule has 0 atom stereocenters. The van der Waals surface area contributed by atoms with Crippen LogP contribution in [0.25, 0.3) is 6.08 Å². The highest BCUT2D eigenvalue weighted by Crippen LogP contribution is 2.33. The standard InChI is InChI=1S/C17H10ClFN2O2S2/c18-12-7-4-8-13(19)11(12)9-14-16(23)21(17(24)25-14)20-15(22)10-5-2-1-3-6-10/h1-9H,(H,20,22). The molecular weight excluding hydrogens is 383 g/mol. The maximum atomic E-state index is 13.9. The zero-order chi connectivity index (χ0) is 18.0. The minimum atomic E-state index is -0.550. The van der Waals surface area contributed by atoms with Crippen LogP contribution in [0.3, 0.4) is 0 Å². The van der Waals surface area contributed by atoms with Crippen LogP contribution < -0.4 is 5.43 Å². The summed E-state index contributed by atoms with van der Waals surface area (Å²) in [5.74, 6) is -1.56. The molecule has 0 aliphatic carbocycles. The van der Waals surface area contributed by atoms with Gasteiger partial charge >= 0.3 is 0 Å². The normalized spacial score (nSPS) is 15.8. The molecule has 1 heterocycles. The second-order valence-corrected chi connectivity index (χ2v) is 7.04. The monoisotopic (exact) mass is 392 g/mol. The number of nitrogens with zero attached hydrogens (tertiary/aromatic N) is 1. The van der Waals surface area contributed by atoms with Crippen molar-refractivity contribution in [2.24, 2.45) is 0 Å². The van der Waals surface area contributed by atoms with Gasteiger partial charge < -0.3 is 0 Å². The number of rotatable bonds is 3. The van der Waals surface area contributed by atoms with Crippen molar-refractivity contribution < 1.29 is 14.0 Å². The van der Waals surface area contributed by atoms with Crippen molar-refractivity contribution >= 4 is 57.8 Å². The Labute approximate surface area is 157 Å². The molecule has 1 fully saturated rings. The molecule has 4 nitrogen and oxygen atoms in total. The Kier molecular flexibility index (Phi) is 5.17. The molecular formula is C17H10ClFN2O2S2. The van der Waals surface area contributed by atoms with Gasteiger partial charge in [0.05, 0.1) is 9.93 Å². The fraction of sp³-hybridized carbons (Fsp3) is 0. The summed E-state index contributed by atoms with van der Waals surface area (Å²) in [5, 5.41) is 1.15. The minimum Gasteiger partial charge on any atom is -0.267 e. The van der Waals surface area contributed by atoms with Crippen molar-refractivity contribution in [1.82, 2.24) is 10.4 Å². The van der Waals surface area contributed by atoms with Gasteiger partial charge in [-0.25, -0.2) is 4.39 Å². The highest BCUT2D eigenvalue weighted by atomic mass is 35.5. The van der Waals surface area contributed by atoms with E-state index in [0.29, 0.717) is 5.56 Å². The summed E-state index contributed by atoms with van der Waals surface area (Å²) < 4.78 is 14.0. The van der Waals surface area contributed by atoms with Crippen LogP contribution in [0, 0.1) is 5.82 Å². The molecule has 1 aliphatic heterocycles. The van der Waals surface area contributed by atoms with Crippen molar-refractivity contribution in [2.75, 3.05) is 0 Å². The second-order valence-electron chi connectivity index (χ2n) is 4.96. The van der Waals surface area contributed by atoms with E-state index in [1.807, 2.05) is 0 Å². The number of nitrogens with one attached hydrogen (secondary N) is 1. The summed E-state index contributed by atoms with van der Waals surface area (Å²) in [6.45, 7) is 0. The van der Waals surface area contributed by atoms with Gasteiger partial charge in [-0.2, -0.15) is 5.01 Å². The SMILES string of the molecule is O=C(NN1C(=O)C(=Cc2c(F)cccc2Cl)SC1=S)c1ccccc1. The summed E-state index contributed by atoms with van der Waals surface area (Å²) in [6, 6.07) is 12.7. The first-order chi connectivity index (χ1) is 12.0. The maximum Gasteiger partial charge on any atom is 0.285 e. The van der Waals surface area contributed by atoms with E-state index in [1.165, 1.54) is 24.3 Å². The Balaban J connectivity index is 1.83. The van der Waals surface area contributed by atoms with Crippen molar-refractivity contribution in [3.8, 4) is 0 Å². The first kappa shape index (κ1) is 17.6. The average molecular weight is 393 g/mol. The molecule has 0 saturated carbocycles. The molecule has 25 heavy (non-hydrogen) atoms. The lowest BCUT2D eigenvalue weighted by Gasteiger charge is -2.15. The van der Waals surface area contributed by atoms with Gasteiger partial charge in [-0.1, -0.05) is 47.6 Å². The predicted octanol–water partition coefficient (Wildman–Crippen LogP) is 4.03. The molecule has 1 aliphatic rings. The molecule has 2 aromatic carbocycles. The Morgan fingerprint density at radius 3 is 2.60 bits per heavy atom. The first-order valence-electron chi connectivity index (χ1n) is 7.05. The molecule has 2 amide bonds. The Morgan fingerprint density at radius 1 is 1.20 bits per heavy atom. The van der Waals surface area contributed by atoms with E-state index >= 15 is 0 Å². The zero-order valence-electron chi connectivity index (χ0n) is 12.5. The van der Waals surface area contributed by atoms with Gasteiger partial charge in [0.25, 0.3) is 11.8 Å². The van der Waals surface area contributed by atoms with E-state index in [4.69, 9.17) is 23.8 Å². The van der Waals surface area contributed by atoms with Crippen molar-refractivity contribution in [2.45, 2.75) is 0 Å². The fourth-order valence-electron chi connectivity index (χ4n) is 2.10. The van der Waals surface area contributed by atoms with Gasteiger partial charge in [-0.05, 0) is 42.6 Å². The average Bonchev–Trinajstić information content (AvgIpc) is 2.86. The van der Waals surface area contributed by atoms with Crippen LogP contribution in [0.15, 0.2) is 53.4 Å². The molecule has 8 heteroatoms. The summed E-state index contributed by atoms with van der Waals surface area (Å²) in [4.78, 5) is 24.8. The Bertz CT molecular complexity index is 883. The van der Waals surface area contributed by atoms with E-state index in [-0.39, 0.29) is 19.8 Å². The number of hydrazine groups is 1. The van der Waals surface area contributed by atoms with Gasteiger partial charge in [0.15, 0.2) is 4.32 Å². The van der Waals surface area contributed by atoms with Crippen LogP contribution in [0.1, 0.15) is 15.9 Å². The number of amides is 2. The van der Waals surface area contributed by atoms with Crippen LogP contribution in [0.2, 0.25) is 5.02 Å². The lowest BCUT2D eigenvalue weighted by molar-refractivity contribution is -0.123. The summed E-state index contributed by atoms with van der Waals surface area (Å²) >= 11 is 12.1. The van der Waals surface area contributed by atoms with Crippen molar-refractivity contribution in [1.29, 1.82) is 0 Å².